The Balaban J connectivity index is 1.76. The van der Waals surface area contributed by atoms with Gasteiger partial charge in [0.05, 0.1) is 17.9 Å². The number of amides is 1. The SMILES string of the molecule is Cc1nc(NC(=O)COSNCCN(C)C)sc1Cc1cccc(Cl)c1. The molecule has 1 heterocycles. The smallest absolute Gasteiger partial charge is 0.253 e. The van der Waals surface area contributed by atoms with Crippen molar-refractivity contribution in [2.24, 2.45) is 0 Å². The minimum absolute atomic E-state index is 0.0398. The molecule has 0 aliphatic heterocycles. The number of nitrogens with one attached hydrogen (secondary N) is 2. The van der Waals surface area contributed by atoms with Crippen LogP contribution >= 0.6 is 35.2 Å². The Bertz CT molecular complexity index is 725. The quantitative estimate of drug-likeness (QED) is 0.353. The first-order chi connectivity index (χ1) is 12.4. The summed E-state index contributed by atoms with van der Waals surface area (Å²) in [5.74, 6) is -0.227. The Morgan fingerprint density at radius 2 is 2.23 bits per heavy atom. The van der Waals surface area contributed by atoms with E-state index in [-0.39, 0.29) is 12.5 Å². The second-order valence-electron chi connectivity index (χ2n) is 5.93. The molecule has 2 aromatic rings. The van der Waals surface area contributed by atoms with Gasteiger partial charge in [-0.05, 0) is 38.7 Å². The van der Waals surface area contributed by atoms with Crippen molar-refractivity contribution in [2.45, 2.75) is 13.3 Å². The van der Waals surface area contributed by atoms with Gasteiger partial charge in [-0.1, -0.05) is 23.7 Å². The number of carbonyl (C=O) groups excluding carboxylic acids is 1. The van der Waals surface area contributed by atoms with Gasteiger partial charge in [-0.25, -0.2) is 9.71 Å². The maximum Gasteiger partial charge on any atom is 0.253 e. The van der Waals surface area contributed by atoms with Crippen molar-refractivity contribution < 1.29 is 8.98 Å². The first-order valence-corrected chi connectivity index (χ1v) is 10.0. The number of likely N-dealkylation sites (N-methyl/N-ethyl adjacent to an activating group) is 1. The topological polar surface area (TPSA) is 66.5 Å². The summed E-state index contributed by atoms with van der Waals surface area (Å²) in [6.45, 7) is 3.57. The Hall–Kier alpha value is -1.16. The van der Waals surface area contributed by atoms with Crippen LogP contribution in [0.25, 0.3) is 0 Å². The predicted molar refractivity (Wildman–Crippen MR) is 110 cm³/mol. The number of halogens is 1. The molecule has 0 bridgehead atoms. The van der Waals surface area contributed by atoms with Gasteiger partial charge in [-0.15, -0.1) is 11.3 Å². The van der Waals surface area contributed by atoms with Gasteiger partial charge in [0.2, 0.25) is 0 Å². The van der Waals surface area contributed by atoms with E-state index in [0.29, 0.717) is 10.2 Å². The van der Waals surface area contributed by atoms with Crippen LogP contribution in [0.15, 0.2) is 24.3 Å². The molecule has 0 saturated carbocycles. The minimum atomic E-state index is -0.227. The molecule has 0 saturated heterocycles. The Morgan fingerprint density at radius 1 is 1.42 bits per heavy atom. The largest absolute Gasteiger partial charge is 0.308 e. The van der Waals surface area contributed by atoms with Crippen LogP contribution in [0, 0.1) is 6.92 Å². The number of thiazole rings is 1. The molecule has 0 radical (unpaired) electrons. The van der Waals surface area contributed by atoms with E-state index < -0.39 is 0 Å². The van der Waals surface area contributed by atoms with E-state index in [9.17, 15) is 4.79 Å². The van der Waals surface area contributed by atoms with Crippen LogP contribution in [-0.4, -0.2) is 49.6 Å². The van der Waals surface area contributed by atoms with E-state index in [4.69, 9.17) is 15.8 Å². The molecular formula is C17H23ClN4O2S2. The zero-order valence-corrected chi connectivity index (χ0v) is 17.4. The molecule has 2 rings (SSSR count). The van der Waals surface area contributed by atoms with Gasteiger partial charge < -0.3 is 4.90 Å². The Morgan fingerprint density at radius 3 is 2.96 bits per heavy atom. The molecule has 9 heteroatoms. The fourth-order valence-electron chi connectivity index (χ4n) is 2.07. The minimum Gasteiger partial charge on any atom is -0.308 e. The number of hydrogen-bond donors (Lipinski definition) is 2. The third-order valence-corrected chi connectivity index (χ3v) is 5.23. The second kappa shape index (κ2) is 10.9. The first kappa shape index (κ1) is 21.1. The van der Waals surface area contributed by atoms with Crippen molar-refractivity contribution in [3.8, 4) is 0 Å². The normalized spacial score (nSPS) is 11.1. The van der Waals surface area contributed by atoms with E-state index in [1.165, 1.54) is 11.3 Å². The van der Waals surface area contributed by atoms with E-state index >= 15 is 0 Å². The second-order valence-corrected chi connectivity index (χ2v) is 8.14. The molecule has 1 aromatic carbocycles. The van der Waals surface area contributed by atoms with E-state index in [2.05, 4.69) is 19.9 Å². The van der Waals surface area contributed by atoms with E-state index in [1.807, 2.05) is 45.3 Å². The lowest BCUT2D eigenvalue weighted by molar-refractivity contribution is -0.117. The van der Waals surface area contributed by atoms with Crippen LogP contribution in [0.3, 0.4) is 0 Å². The fourth-order valence-corrected chi connectivity index (χ4v) is 3.72. The lowest BCUT2D eigenvalue weighted by Crippen LogP contribution is -2.23. The fraction of sp³-hybridized carbons (Fsp3) is 0.412. The molecule has 0 spiro atoms. The highest BCUT2D eigenvalue weighted by molar-refractivity contribution is 7.92. The summed E-state index contributed by atoms with van der Waals surface area (Å²) >= 11 is 8.58. The molecule has 142 valence electrons. The van der Waals surface area contributed by atoms with E-state index in [0.717, 1.165) is 47.9 Å². The van der Waals surface area contributed by atoms with Gasteiger partial charge in [0.15, 0.2) is 5.13 Å². The Labute approximate surface area is 167 Å². The maximum atomic E-state index is 11.9. The highest BCUT2D eigenvalue weighted by atomic mass is 35.5. The molecule has 0 aliphatic rings. The number of aromatic nitrogens is 1. The highest BCUT2D eigenvalue weighted by Crippen LogP contribution is 2.26. The molecule has 1 amide bonds. The molecule has 0 aliphatic carbocycles. The van der Waals surface area contributed by atoms with Crippen LogP contribution < -0.4 is 10.0 Å². The summed E-state index contributed by atoms with van der Waals surface area (Å²) in [5, 5.41) is 4.07. The number of rotatable bonds is 10. The van der Waals surface area contributed by atoms with Crippen molar-refractivity contribution >= 4 is 46.2 Å². The van der Waals surface area contributed by atoms with Crippen molar-refractivity contribution in [3.63, 3.8) is 0 Å². The van der Waals surface area contributed by atoms with Crippen LogP contribution in [0.1, 0.15) is 16.1 Å². The first-order valence-electron chi connectivity index (χ1n) is 8.10. The molecule has 1 aromatic heterocycles. The number of aryl methyl sites for hydroxylation is 1. The standard InChI is InChI=1S/C17H23ClN4O2S2/c1-12-15(10-13-5-4-6-14(18)9-13)25-17(20-12)21-16(23)11-24-26-19-7-8-22(2)3/h4-6,9,19H,7-8,10-11H2,1-3H3,(H,20,21,23). The number of nitrogens with zero attached hydrogens (tertiary/aromatic N) is 2. The maximum absolute atomic E-state index is 11.9. The lowest BCUT2D eigenvalue weighted by atomic mass is 10.1. The monoisotopic (exact) mass is 414 g/mol. The Kier molecular flexibility index (Phi) is 8.83. The molecule has 0 fully saturated rings. The van der Waals surface area contributed by atoms with Gasteiger partial charge in [-0.3, -0.25) is 14.3 Å². The average molecular weight is 415 g/mol. The van der Waals surface area contributed by atoms with Crippen LogP contribution in [0.4, 0.5) is 5.13 Å². The number of carbonyl (C=O) groups is 1. The summed E-state index contributed by atoms with van der Waals surface area (Å²) in [7, 11) is 3.99. The predicted octanol–water partition coefficient (Wildman–Crippen LogP) is 3.37. The van der Waals surface area contributed by atoms with E-state index in [1.54, 1.807) is 0 Å². The van der Waals surface area contributed by atoms with Crippen molar-refractivity contribution in [2.75, 3.05) is 39.1 Å². The number of benzene rings is 1. The van der Waals surface area contributed by atoms with Crippen molar-refractivity contribution in [1.29, 1.82) is 0 Å². The van der Waals surface area contributed by atoms with Crippen LogP contribution in [0.2, 0.25) is 5.02 Å². The van der Waals surface area contributed by atoms with Gasteiger partial charge in [0.1, 0.15) is 6.61 Å². The third-order valence-electron chi connectivity index (χ3n) is 3.36. The van der Waals surface area contributed by atoms with Gasteiger partial charge in [0.25, 0.3) is 5.91 Å². The molecule has 2 N–H and O–H groups in total. The van der Waals surface area contributed by atoms with Gasteiger partial charge in [-0.2, -0.15) is 0 Å². The summed E-state index contributed by atoms with van der Waals surface area (Å²) < 4.78 is 8.26. The summed E-state index contributed by atoms with van der Waals surface area (Å²) in [6.07, 6.45) is 0.738. The molecule has 0 atom stereocenters. The number of hydrogen-bond acceptors (Lipinski definition) is 7. The highest BCUT2D eigenvalue weighted by Gasteiger charge is 2.11. The van der Waals surface area contributed by atoms with Crippen molar-refractivity contribution in [3.05, 3.63) is 45.4 Å². The summed E-state index contributed by atoms with van der Waals surface area (Å²) in [4.78, 5) is 19.5. The van der Waals surface area contributed by atoms with Gasteiger partial charge in [0, 0.05) is 29.4 Å². The molecular weight excluding hydrogens is 392 g/mol. The van der Waals surface area contributed by atoms with Crippen molar-refractivity contribution in [1.82, 2.24) is 14.6 Å². The van der Waals surface area contributed by atoms with Crippen LogP contribution in [-0.2, 0) is 15.4 Å². The summed E-state index contributed by atoms with van der Waals surface area (Å²) in [6, 6.07) is 7.74. The van der Waals surface area contributed by atoms with Crippen LogP contribution in [0.5, 0.6) is 0 Å². The molecule has 0 unspecified atom stereocenters. The molecule has 6 nitrogen and oxygen atoms in total. The third kappa shape index (κ3) is 7.61. The average Bonchev–Trinajstić information content (AvgIpc) is 2.89. The molecule has 26 heavy (non-hydrogen) atoms. The lowest BCUT2D eigenvalue weighted by Gasteiger charge is -2.09. The summed E-state index contributed by atoms with van der Waals surface area (Å²) in [5.41, 5.74) is 2.02. The van der Waals surface area contributed by atoms with Gasteiger partial charge >= 0.3 is 0 Å². The zero-order chi connectivity index (χ0) is 18.9. The number of anilines is 1. The zero-order valence-electron chi connectivity index (χ0n) is 15.0.